The lowest BCUT2D eigenvalue weighted by Crippen LogP contribution is -2.57. The number of nitrogens with two attached hydrogens (primary N) is 3. The van der Waals surface area contributed by atoms with Gasteiger partial charge in [-0.25, -0.2) is 4.79 Å². The fourth-order valence-corrected chi connectivity index (χ4v) is 3.61. The summed E-state index contributed by atoms with van der Waals surface area (Å²) in [6.45, 7) is 0. The second-order valence-electron chi connectivity index (χ2n) is 7.37. The van der Waals surface area contributed by atoms with Gasteiger partial charge in [0, 0.05) is 6.42 Å². The van der Waals surface area contributed by atoms with Gasteiger partial charge in [-0.2, -0.15) is 23.5 Å². The van der Waals surface area contributed by atoms with Crippen LogP contribution in [0.1, 0.15) is 32.1 Å². The zero-order valence-corrected chi connectivity index (χ0v) is 20.8. The molecule has 194 valence electrons. The number of carboxylic acids is 1. The number of carbonyl (C=O) groups is 6. The molecule has 5 amide bonds. The van der Waals surface area contributed by atoms with E-state index in [0.29, 0.717) is 11.5 Å². The lowest BCUT2D eigenvalue weighted by molar-refractivity contribution is -0.143. The van der Waals surface area contributed by atoms with Gasteiger partial charge in [0.15, 0.2) is 0 Å². The molecular weight excluding hydrogens is 488 g/mol. The minimum atomic E-state index is -1.55. The molecular formula is C19H34N6O7S2. The maximum absolute atomic E-state index is 12.9. The Hall–Kier alpha value is -2.52. The quantitative estimate of drug-likeness (QED) is 0.0998. The molecule has 0 aromatic heterocycles. The number of thioether (sulfide) groups is 2. The van der Waals surface area contributed by atoms with Crippen LogP contribution in [0.3, 0.4) is 0 Å². The summed E-state index contributed by atoms with van der Waals surface area (Å²) in [5.74, 6) is -4.11. The van der Waals surface area contributed by atoms with Crippen molar-refractivity contribution >= 4 is 59.0 Å². The van der Waals surface area contributed by atoms with Crippen LogP contribution in [-0.2, 0) is 28.8 Å². The van der Waals surface area contributed by atoms with E-state index < -0.39 is 66.1 Å². The van der Waals surface area contributed by atoms with Crippen molar-refractivity contribution in [1.82, 2.24) is 16.0 Å². The Morgan fingerprint density at radius 1 is 0.735 bits per heavy atom. The minimum Gasteiger partial charge on any atom is -0.480 e. The molecule has 13 nitrogen and oxygen atoms in total. The Kier molecular flexibility index (Phi) is 15.7. The predicted molar refractivity (Wildman–Crippen MR) is 130 cm³/mol. The number of nitrogens with one attached hydrogen (secondary N) is 3. The highest BCUT2D eigenvalue weighted by Gasteiger charge is 2.30. The van der Waals surface area contributed by atoms with Crippen LogP contribution in [0.15, 0.2) is 0 Å². The zero-order valence-electron chi connectivity index (χ0n) is 19.2. The largest absolute Gasteiger partial charge is 0.480 e. The Morgan fingerprint density at radius 2 is 1.18 bits per heavy atom. The number of rotatable bonds is 18. The molecule has 0 heterocycles. The molecule has 4 atom stereocenters. The van der Waals surface area contributed by atoms with Crippen LogP contribution >= 0.6 is 23.5 Å². The topological polar surface area (TPSA) is 237 Å². The smallest absolute Gasteiger partial charge is 0.326 e. The third-order valence-corrected chi connectivity index (χ3v) is 5.83. The number of primary amides is 2. The van der Waals surface area contributed by atoms with Crippen LogP contribution in [0.25, 0.3) is 0 Å². The number of carboxylic acid groups (broad SMARTS) is 1. The molecule has 0 spiro atoms. The molecule has 0 saturated carbocycles. The van der Waals surface area contributed by atoms with E-state index in [9.17, 15) is 33.9 Å². The number of amides is 5. The summed E-state index contributed by atoms with van der Waals surface area (Å²) in [6.07, 6.45) is 3.31. The fraction of sp³-hybridized carbons (Fsp3) is 0.684. The van der Waals surface area contributed by atoms with Crippen LogP contribution in [0.5, 0.6) is 0 Å². The monoisotopic (exact) mass is 522 g/mol. The molecule has 0 radical (unpaired) electrons. The van der Waals surface area contributed by atoms with Crippen LogP contribution in [0, 0.1) is 0 Å². The molecule has 0 bridgehead atoms. The molecule has 0 fully saturated rings. The number of carbonyl (C=O) groups excluding carboxylic acids is 5. The summed E-state index contributed by atoms with van der Waals surface area (Å²) in [4.78, 5) is 71.3. The van der Waals surface area contributed by atoms with Crippen molar-refractivity contribution < 1.29 is 33.9 Å². The minimum absolute atomic E-state index is 0.00717. The average Bonchev–Trinajstić information content (AvgIpc) is 2.76. The van der Waals surface area contributed by atoms with Gasteiger partial charge in [-0.3, -0.25) is 24.0 Å². The summed E-state index contributed by atoms with van der Waals surface area (Å²) in [5.41, 5.74) is 15.9. The highest BCUT2D eigenvalue weighted by Crippen LogP contribution is 2.07. The van der Waals surface area contributed by atoms with Crippen molar-refractivity contribution in [1.29, 1.82) is 0 Å². The number of aliphatic carboxylic acids is 1. The van der Waals surface area contributed by atoms with Crippen molar-refractivity contribution in [2.24, 2.45) is 17.2 Å². The normalized spacial score (nSPS) is 14.2. The van der Waals surface area contributed by atoms with Crippen LogP contribution < -0.4 is 33.2 Å². The molecule has 0 aliphatic carbocycles. The van der Waals surface area contributed by atoms with Crippen molar-refractivity contribution in [3.8, 4) is 0 Å². The van der Waals surface area contributed by atoms with Crippen molar-refractivity contribution in [3.05, 3.63) is 0 Å². The van der Waals surface area contributed by atoms with Crippen LogP contribution in [0.4, 0.5) is 0 Å². The first kappa shape index (κ1) is 31.5. The zero-order chi connectivity index (χ0) is 26.3. The van der Waals surface area contributed by atoms with Gasteiger partial charge in [-0.05, 0) is 43.3 Å². The van der Waals surface area contributed by atoms with Gasteiger partial charge in [0.05, 0.1) is 12.5 Å². The molecule has 15 heteroatoms. The Balaban J connectivity index is 5.41. The van der Waals surface area contributed by atoms with Crippen molar-refractivity contribution in [2.75, 3.05) is 24.0 Å². The molecule has 0 aromatic carbocycles. The van der Waals surface area contributed by atoms with Gasteiger partial charge in [0.2, 0.25) is 29.5 Å². The van der Waals surface area contributed by atoms with E-state index in [0.717, 1.165) is 0 Å². The summed E-state index contributed by atoms with van der Waals surface area (Å²) < 4.78 is 0. The summed E-state index contributed by atoms with van der Waals surface area (Å²) in [7, 11) is 0. The van der Waals surface area contributed by atoms with Crippen LogP contribution in [-0.4, -0.2) is 88.8 Å². The second kappa shape index (κ2) is 17.0. The Bertz CT molecular complexity index is 740. The van der Waals surface area contributed by atoms with E-state index in [1.807, 2.05) is 6.26 Å². The number of hydrogen-bond donors (Lipinski definition) is 7. The molecule has 34 heavy (non-hydrogen) atoms. The van der Waals surface area contributed by atoms with E-state index in [2.05, 4.69) is 16.0 Å². The van der Waals surface area contributed by atoms with Gasteiger partial charge in [0.1, 0.15) is 18.1 Å². The molecule has 0 rings (SSSR count). The van der Waals surface area contributed by atoms with Gasteiger partial charge < -0.3 is 38.3 Å². The van der Waals surface area contributed by atoms with Crippen LogP contribution in [0.2, 0.25) is 0 Å². The predicted octanol–water partition coefficient (Wildman–Crippen LogP) is -2.50. The van der Waals surface area contributed by atoms with Gasteiger partial charge in [0.25, 0.3) is 0 Å². The number of hydrogen-bond acceptors (Lipinski definition) is 9. The maximum Gasteiger partial charge on any atom is 0.326 e. The third-order valence-electron chi connectivity index (χ3n) is 4.55. The highest BCUT2D eigenvalue weighted by molar-refractivity contribution is 7.98. The van der Waals surface area contributed by atoms with E-state index in [1.165, 1.54) is 23.5 Å². The first-order valence-electron chi connectivity index (χ1n) is 10.4. The maximum atomic E-state index is 12.9. The lowest BCUT2D eigenvalue weighted by Gasteiger charge is -2.25. The molecule has 0 aromatic rings. The Morgan fingerprint density at radius 3 is 1.56 bits per heavy atom. The standard InChI is InChI=1S/C19H34N6O7S2/c1-33-7-5-11(23-16(28)10(20)3-4-14(21)26)17(29)24-12(6-8-34-2)18(30)25-13(19(31)32)9-15(22)27/h10-13H,3-9,20H2,1-2H3,(H2,21,26)(H2,22,27)(H,23,28)(H,24,29)(H,25,30)(H,31,32). The SMILES string of the molecule is CSCCC(NC(=O)C(N)CCC(N)=O)C(=O)NC(CCSC)C(=O)NC(CC(N)=O)C(=O)O. The summed E-state index contributed by atoms with van der Waals surface area (Å²) in [5, 5.41) is 16.5. The third kappa shape index (κ3) is 13.3. The van der Waals surface area contributed by atoms with Crippen molar-refractivity contribution in [3.63, 3.8) is 0 Å². The molecule has 4 unspecified atom stereocenters. The molecule has 0 saturated heterocycles. The van der Waals surface area contributed by atoms with E-state index >= 15 is 0 Å². The first-order valence-corrected chi connectivity index (χ1v) is 13.2. The second-order valence-corrected chi connectivity index (χ2v) is 9.34. The highest BCUT2D eigenvalue weighted by atomic mass is 32.2. The summed E-state index contributed by atoms with van der Waals surface area (Å²) in [6, 6.07) is -4.75. The van der Waals surface area contributed by atoms with Gasteiger partial charge in [-0.1, -0.05) is 0 Å². The molecule has 10 N–H and O–H groups in total. The van der Waals surface area contributed by atoms with E-state index in [4.69, 9.17) is 17.2 Å². The first-order chi connectivity index (χ1) is 15.9. The molecule has 0 aliphatic heterocycles. The van der Waals surface area contributed by atoms with E-state index in [-0.39, 0.29) is 25.7 Å². The average molecular weight is 523 g/mol. The van der Waals surface area contributed by atoms with Gasteiger partial charge >= 0.3 is 5.97 Å². The lowest BCUT2D eigenvalue weighted by atomic mass is 10.1. The fourth-order valence-electron chi connectivity index (χ4n) is 2.66. The summed E-state index contributed by atoms with van der Waals surface area (Å²) >= 11 is 2.84. The van der Waals surface area contributed by atoms with Gasteiger partial charge in [-0.15, -0.1) is 0 Å². The van der Waals surface area contributed by atoms with E-state index in [1.54, 1.807) is 6.26 Å². The Labute approximate surface area is 206 Å². The van der Waals surface area contributed by atoms with Crippen molar-refractivity contribution in [2.45, 2.75) is 56.3 Å². The molecule has 0 aliphatic rings.